The Kier molecular flexibility index (Phi) is 3.14. The number of hydrogen-bond acceptors (Lipinski definition) is 4. The van der Waals surface area contributed by atoms with Gasteiger partial charge in [0.05, 0.1) is 6.20 Å². The van der Waals surface area contributed by atoms with E-state index in [0.29, 0.717) is 5.41 Å². The second-order valence-corrected chi connectivity index (χ2v) is 5.37. The minimum absolute atomic E-state index is 0.371. The van der Waals surface area contributed by atoms with Gasteiger partial charge in [-0.2, -0.15) is 0 Å². The molecule has 0 saturated carbocycles. The second-order valence-electron chi connectivity index (χ2n) is 4.31. The molecule has 0 aliphatic rings. The fourth-order valence-electron chi connectivity index (χ4n) is 0.913. The standard InChI is InChI=1S/C9H17N3S/c1-9(2,3)4-5-11-8-12-6-7(10)13-8/h6H,4-5,10H2,1-3H3,(H,11,12). The van der Waals surface area contributed by atoms with Crippen LogP contribution in [0.25, 0.3) is 0 Å². The predicted octanol–water partition coefficient (Wildman–Crippen LogP) is 2.57. The van der Waals surface area contributed by atoms with E-state index in [2.05, 4.69) is 31.1 Å². The minimum Gasteiger partial charge on any atom is -0.389 e. The molecule has 13 heavy (non-hydrogen) atoms. The summed E-state index contributed by atoms with van der Waals surface area (Å²) >= 11 is 1.49. The number of nitrogen functional groups attached to an aromatic ring is 1. The Labute approximate surface area is 83.4 Å². The number of nitrogens with one attached hydrogen (secondary N) is 1. The quantitative estimate of drug-likeness (QED) is 0.786. The molecule has 0 spiro atoms. The Bertz CT molecular complexity index is 262. The summed E-state index contributed by atoms with van der Waals surface area (Å²) in [5.41, 5.74) is 5.92. The Morgan fingerprint density at radius 2 is 2.23 bits per heavy atom. The number of thiazole rings is 1. The maximum Gasteiger partial charge on any atom is 0.184 e. The lowest BCUT2D eigenvalue weighted by Gasteiger charge is -2.17. The summed E-state index contributed by atoms with van der Waals surface area (Å²) in [5, 5.41) is 4.93. The Morgan fingerprint density at radius 3 is 2.69 bits per heavy atom. The number of rotatable bonds is 3. The summed E-state index contributed by atoms with van der Waals surface area (Å²) in [7, 11) is 0. The molecular formula is C9H17N3S. The van der Waals surface area contributed by atoms with Gasteiger partial charge in [0.2, 0.25) is 0 Å². The molecule has 0 atom stereocenters. The molecule has 0 unspecified atom stereocenters. The van der Waals surface area contributed by atoms with Crippen LogP contribution in [0.1, 0.15) is 27.2 Å². The van der Waals surface area contributed by atoms with Gasteiger partial charge in [0.1, 0.15) is 5.00 Å². The summed E-state index contributed by atoms with van der Waals surface area (Å²) in [6.45, 7) is 7.64. The fraction of sp³-hybridized carbons (Fsp3) is 0.667. The van der Waals surface area contributed by atoms with Gasteiger partial charge in [0.25, 0.3) is 0 Å². The largest absolute Gasteiger partial charge is 0.389 e. The molecule has 0 saturated heterocycles. The highest BCUT2D eigenvalue weighted by Gasteiger charge is 2.09. The van der Waals surface area contributed by atoms with Gasteiger partial charge in [0, 0.05) is 6.54 Å². The zero-order valence-electron chi connectivity index (χ0n) is 8.42. The van der Waals surface area contributed by atoms with Crippen molar-refractivity contribution < 1.29 is 0 Å². The predicted molar refractivity (Wildman–Crippen MR) is 59.1 cm³/mol. The van der Waals surface area contributed by atoms with E-state index in [1.165, 1.54) is 11.3 Å². The summed E-state index contributed by atoms with van der Waals surface area (Å²) in [6, 6.07) is 0. The number of nitrogens with two attached hydrogens (primary N) is 1. The first-order valence-electron chi connectivity index (χ1n) is 4.42. The molecule has 0 radical (unpaired) electrons. The van der Waals surface area contributed by atoms with Crippen molar-refractivity contribution in [2.45, 2.75) is 27.2 Å². The number of aromatic nitrogens is 1. The van der Waals surface area contributed by atoms with Crippen LogP contribution in [-0.2, 0) is 0 Å². The van der Waals surface area contributed by atoms with Gasteiger partial charge in [-0.05, 0) is 11.8 Å². The first-order chi connectivity index (χ1) is 5.97. The summed E-state index contributed by atoms with van der Waals surface area (Å²) in [4.78, 5) is 4.12. The van der Waals surface area contributed by atoms with Crippen LogP contribution in [0, 0.1) is 5.41 Å². The van der Waals surface area contributed by atoms with E-state index in [1.54, 1.807) is 6.20 Å². The Morgan fingerprint density at radius 1 is 1.54 bits per heavy atom. The molecule has 1 aromatic heterocycles. The molecule has 3 N–H and O–H groups in total. The summed E-state index contributed by atoms with van der Waals surface area (Å²) in [6.07, 6.45) is 2.82. The van der Waals surface area contributed by atoms with Gasteiger partial charge in [-0.1, -0.05) is 32.1 Å². The molecule has 4 heteroatoms. The first kappa shape index (κ1) is 10.3. The number of nitrogens with zero attached hydrogens (tertiary/aromatic N) is 1. The highest BCUT2D eigenvalue weighted by Crippen LogP contribution is 2.22. The Hall–Kier alpha value is -0.770. The van der Waals surface area contributed by atoms with E-state index >= 15 is 0 Å². The zero-order valence-corrected chi connectivity index (χ0v) is 9.24. The maximum absolute atomic E-state index is 5.55. The molecule has 0 aromatic carbocycles. The van der Waals surface area contributed by atoms with Crippen molar-refractivity contribution in [1.29, 1.82) is 0 Å². The molecule has 0 aliphatic carbocycles. The summed E-state index contributed by atoms with van der Waals surface area (Å²) < 4.78 is 0. The van der Waals surface area contributed by atoms with E-state index in [0.717, 1.165) is 23.1 Å². The van der Waals surface area contributed by atoms with Crippen molar-refractivity contribution in [3.05, 3.63) is 6.20 Å². The molecule has 0 aliphatic heterocycles. The van der Waals surface area contributed by atoms with Crippen molar-refractivity contribution in [2.75, 3.05) is 17.6 Å². The molecule has 74 valence electrons. The van der Waals surface area contributed by atoms with Crippen LogP contribution in [0.2, 0.25) is 0 Å². The molecule has 0 fully saturated rings. The van der Waals surface area contributed by atoms with Crippen LogP contribution in [0.4, 0.5) is 10.1 Å². The molecule has 1 rings (SSSR count). The van der Waals surface area contributed by atoms with Crippen molar-refractivity contribution in [1.82, 2.24) is 4.98 Å². The third kappa shape index (κ3) is 4.12. The highest BCUT2D eigenvalue weighted by molar-refractivity contribution is 7.19. The van der Waals surface area contributed by atoms with E-state index in [-0.39, 0.29) is 0 Å². The van der Waals surface area contributed by atoms with Crippen LogP contribution >= 0.6 is 11.3 Å². The van der Waals surface area contributed by atoms with Gasteiger partial charge >= 0.3 is 0 Å². The Balaban J connectivity index is 2.28. The van der Waals surface area contributed by atoms with Gasteiger partial charge in [-0.3, -0.25) is 0 Å². The average molecular weight is 199 g/mol. The van der Waals surface area contributed by atoms with Crippen LogP contribution in [0.5, 0.6) is 0 Å². The first-order valence-corrected chi connectivity index (χ1v) is 5.24. The lowest BCUT2D eigenvalue weighted by molar-refractivity contribution is 0.390. The number of hydrogen-bond donors (Lipinski definition) is 2. The molecule has 1 heterocycles. The third-order valence-corrected chi connectivity index (χ3v) is 2.46. The number of anilines is 2. The van der Waals surface area contributed by atoms with Crippen LogP contribution in [-0.4, -0.2) is 11.5 Å². The van der Waals surface area contributed by atoms with Gasteiger partial charge in [0.15, 0.2) is 5.13 Å². The van der Waals surface area contributed by atoms with Crippen LogP contribution < -0.4 is 11.1 Å². The molecular weight excluding hydrogens is 182 g/mol. The normalized spacial score (nSPS) is 11.6. The van der Waals surface area contributed by atoms with E-state index in [1.807, 2.05) is 0 Å². The molecule has 1 aromatic rings. The van der Waals surface area contributed by atoms with Gasteiger partial charge in [-0.15, -0.1) is 0 Å². The topological polar surface area (TPSA) is 50.9 Å². The highest BCUT2D eigenvalue weighted by atomic mass is 32.1. The van der Waals surface area contributed by atoms with Crippen molar-refractivity contribution >= 4 is 21.5 Å². The van der Waals surface area contributed by atoms with Gasteiger partial charge < -0.3 is 11.1 Å². The van der Waals surface area contributed by atoms with Crippen molar-refractivity contribution in [3.8, 4) is 0 Å². The fourth-order valence-corrected chi connectivity index (χ4v) is 1.52. The van der Waals surface area contributed by atoms with E-state index in [4.69, 9.17) is 5.73 Å². The van der Waals surface area contributed by atoms with Crippen LogP contribution in [0.3, 0.4) is 0 Å². The lowest BCUT2D eigenvalue weighted by atomic mass is 9.92. The molecule has 0 amide bonds. The van der Waals surface area contributed by atoms with Crippen LogP contribution in [0.15, 0.2) is 6.20 Å². The van der Waals surface area contributed by atoms with E-state index in [9.17, 15) is 0 Å². The van der Waals surface area contributed by atoms with Gasteiger partial charge in [-0.25, -0.2) is 4.98 Å². The van der Waals surface area contributed by atoms with Crippen molar-refractivity contribution in [2.24, 2.45) is 5.41 Å². The second kappa shape index (κ2) is 3.96. The van der Waals surface area contributed by atoms with E-state index < -0.39 is 0 Å². The SMILES string of the molecule is CC(C)(C)CCNc1ncc(N)s1. The molecule has 3 nitrogen and oxygen atoms in total. The zero-order chi connectivity index (χ0) is 9.90. The summed E-state index contributed by atoms with van der Waals surface area (Å²) in [5.74, 6) is 0. The average Bonchev–Trinajstić information content (AvgIpc) is 2.33. The molecule has 0 bridgehead atoms. The smallest absolute Gasteiger partial charge is 0.184 e. The third-order valence-electron chi connectivity index (χ3n) is 1.67. The lowest BCUT2D eigenvalue weighted by Crippen LogP contribution is -2.12. The maximum atomic E-state index is 5.55. The minimum atomic E-state index is 0.371. The monoisotopic (exact) mass is 199 g/mol. The van der Waals surface area contributed by atoms with Crippen molar-refractivity contribution in [3.63, 3.8) is 0 Å².